The summed E-state index contributed by atoms with van der Waals surface area (Å²) in [5.74, 6) is 2.85. The summed E-state index contributed by atoms with van der Waals surface area (Å²) in [6.07, 6.45) is 8.04. The Labute approximate surface area is 123 Å². The van der Waals surface area contributed by atoms with E-state index in [4.69, 9.17) is 4.79 Å². The van der Waals surface area contributed by atoms with E-state index in [-0.39, 0.29) is 5.54 Å². The first-order chi connectivity index (χ1) is 9.19. The van der Waals surface area contributed by atoms with Crippen molar-refractivity contribution in [3.8, 4) is 0 Å². The van der Waals surface area contributed by atoms with Crippen molar-refractivity contribution in [3.63, 3.8) is 0 Å². The van der Waals surface area contributed by atoms with Crippen molar-refractivity contribution >= 4 is 12.0 Å². The zero-order valence-electron chi connectivity index (χ0n) is 13.8. The van der Waals surface area contributed by atoms with Crippen LogP contribution in [0.15, 0.2) is 11.1 Å². The molecule has 114 valence electrons. The Morgan fingerprint density at radius 1 is 1.05 bits per heavy atom. The van der Waals surface area contributed by atoms with E-state index in [9.17, 15) is 4.79 Å². The maximum Gasteiger partial charge on any atom is 0.235 e. The third kappa shape index (κ3) is 6.32. The number of rotatable bonds is 2. The van der Waals surface area contributed by atoms with Gasteiger partial charge in [-0.3, -0.25) is 0 Å². The molecule has 0 aromatic heterocycles. The zero-order chi connectivity index (χ0) is 15.8. The summed E-state index contributed by atoms with van der Waals surface area (Å²) in [6.45, 7) is 12.7. The second-order valence-corrected chi connectivity index (χ2v) is 7.19. The lowest BCUT2D eigenvalue weighted by molar-refractivity contribution is 0.109. The fourth-order valence-corrected chi connectivity index (χ4v) is 2.83. The van der Waals surface area contributed by atoms with E-state index in [1.807, 2.05) is 0 Å². The van der Waals surface area contributed by atoms with Crippen LogP contribution in [0.4, 0.5) is 0 Å². The summed E-state index contributed by atoms with van der Waals surface area (Å²) in [4.78, 5) is 23.4. The first-order valence-corrected chi connectivity index (χ1v) is 7.43. The van der Waals surface area contributed by atoms with Crippen molar-refractivity contribution in [3.05, 3.63) is 6.08 Å². The molecular formula is C17H29NO2. The van der Waals surface area contributed by atoms with Crippen LogP contribution in [0.25, 0.3) is 0 Å². The van der Waals surface area contributed by atoms with Crippen LogP contribution in [-0.4, -0.2) is 17.6 Å². The Bertz CT molecular complexity index is 380. The molecule has 3 heteroatoms. The van der Waals surface area contributed by atoms with Crippen molar-refractivity contribution < 1.29 is 9.59 Å². The van der Waals surface area contributed by atoms with Crippen LogP contribution in [-0.2, 0) is 9.59 Å². The molecule has 1 fully saturated rings. The van der Waals surface area contributed by atoms with Crippen LogP contribution in [0.2, 0.25) is 0 Å². The maximum atomic E-state index is 10.4. The predicted molar refractivity (Wildman–Crippen MR) is 83.0 cm³/mol. The molecule has 1 aliphatic rings. The van der Waals surface area contributed by atoms with E-state index in [0.717, 1.165) is 5.92 Å². The molecule has 0 aliphatic heterocycles. The highest BCUT2D eigenvalue weighted by Gasteiger charge is 2.37. The van der Waals surface area contributed by atoms with Gasteiger partial charge in [0.2, 0.25) is 6.08 Å². The Kier molecular flexibility index (Phi) is 7.71. The average molecular weight is 279 g/mol. The Morgan fingerprint density at radius 3 is 1.95 bits per heavy atom. The molecule has 0 spiro atoms. The highest BCUT2D eigenvalue weighted by molar-refractivity contribution is 5.43. The van der Waals surface area contributed by atoms with Gasteiger partial charge in [0, 0.05) is 0 Å². The van der Waals surface area contributed by atoms with Gasteiger partial charge in [-0.1, -0.05) is 27.2 Å². The molecule has 0 N–H and O–H groups in total. The van der Waals surface area contributed by atoms with Crippen LogP contribution in [0.3, 0.4) is 0 Å². The summed E-state index contributed by atoms with van der Waals surface area (Å²) < 4.78 is 0. The number of hydrogen-bond donors (Lipinski definition) is 0. The van der Waals surface area contributed by atoms with Gasteiger partial charge < -0.3 is 0 Å². The lowest BCUT2D eigenvalue weighted by Gasteiger charge is -2.41. The molecule has 20 heavy (non-hydrogen) atoms. The summed E-state index contributed by atoms with van der Waals surface area (Å²) in [5.41, 5.74) is 0.144. The van der Waals surface area contributed by atoms with Gasteiger partial charge in [0.15, 0.2) is 0 Å². The second kappa shape index (κ2) is 8.19. The van der Waals surface area contributed by atoms with E-state index < -0.39 is 0 Å². The van der Waals surface area contributed by atoms with Crippen molar-refractivity contribution in [2.24, 2.45) is 22.2 Å². The molecule has 2 atom stereocenters. The molecule has 0 bridgehead atoms. The first-order valence-electron chi connectivity index (χ1n) is 7.43. The van der Waals surface area contributed by atoms with E-state index in [0.29, 0.717) is 11.3 Å². The van der Waals surface area contributed by atoms with Crippen LogP contribution in [0.5, 0.6) is 0 Å². The quantitative estimate of drug-likeness (QED) is 0.428. The van der Waals surface area contributed by atoms with Gasteiger partial charge in [0.05, 0.1) is 5.54 Å². The summed E-state index contributed by atoms with van der Waals surface area (Å²) in [6, 6.07) is 0. The molecule has 0 amide bonds. The molecule has 0 aromatic rings. The smallest absolute Gasteiger partial charge is 0.234 e. The Morgan fingerprint density at radius 2 is 1.55 bits per heavy atom. The highest BCUT2D eigenvalue weighted by Crippen LogP contribution is 2.44. The molecule has 2 unspecified atom stereocenters. The van der Waals surface area contributed by atoms with Crippen molar-refractivity contribution in [1.29, 1.82) is 0 Å². The van der Waals surface area contributed by atoms with E-state index in [1.165, 1.54) is 31.8 Å². The van der Waals surface area contributed by atoms with Gasteiger partial charge in [-0.15, -0.1) is 0 Å². The molecule has 1 rings (SSSR count). The van der Waals surface area contributed by atoms with Crippen LogP contribution in [0, 0.1) is 17.3 Å². The van der Waals surface area contributed by atoms with E-state index in [1.54, 1.807) is 18.9 Å². The third-order valence-corrected chi connectivity index (χ3v) is 4.35. The lowest BCUT2D eigenvalue weighted by atomic mass is 9.65. The van der Waals surface area contributed by atoms with Crippen LogP contribution < -0.4 is 0 Å². The predicted octanol–water partition coefficient (Wildman–Crippen LogP) is 4.35. The third-order valence-electron chi connectivity index (χ3n) is 4.35. The monoisotopic (exact) mass is 279 g/mol. The molecule has 0 heterocycles. The van der Waals surface area contributed by atoms with E-state index in [2.05, 4.69) is 39.6 Å². The number of nitrogens with zero attached hydrogens (tertiary/aromatic N) is 1. The Balaban J connectivity index is 0.000000796. The number of carbonyl (C=O) groups excluding carboxylic acids is 2. The van der Waals surface area contributed by atoms with Gasteiger partial charge in [-0.05, 0) is 63.4 Å². The number of aliphatic imine (C=N–C) groups is 1. The molecule has 0 saturated heterocycles. The number of allylic oxidation sites excluding steroid dienone is 1. The standard InChI is InChI=1S/C14H25NO.C3H4O/c1-13(2,3)11-7-6-8-12(9-11)14(4,5)15-10-16;1-2-3-4/h11-12H,6-9H2,1-5H3;2H,1H3. The van der Waals surface area contributed by atoms with E-state index >= 15 is 0 Å². The minimum Gasteiger partial charge on any atom is -0.234 e. The number of hydrogen-bond acceptors (Lipinski definition) is 3. The summed E-state index contributed by atoms with van der Waals surface area (Å²) in [5, 5.41) is 0. The Hall–Kier alpha value is -1.17. The van der Waals surface area contributed by atoms with Gasteiger partial charge in [0.1, 0.15) is 5.94 Å². The van der Waals surface area contributed by atoms with Gasteiger partial charge >= 0.3 is 0 Å². The topological polar surface area (TPSA) is 46.5 Å². The molecular weight excluding hydrogens is 250 g/mol. The summed E-state index contributed by atoms with van der Waals surface area (Å²) in [7, 11) is 0. The average Bonchev–Trinajstić information content (AvgIpc) is 2.38. The number of isocyanates is 1. The highest BCUT2D eigenvalue weighted by atomic mass is 16.1. The van der Waals surface area contributed by atoms with Crippen LogP contribution in [0.1, 0.15) is 67.2 Å². The molecule has 3 nitrogen and oxygen atoms in total. The molecule has 1 saturated carbocycles. The van der Waals surface area contributed by atoms with Crippen molar-refractivity contribution in [1.82, 2.24) is 0 Å². The van der Waals surface area contributed by atoms with Gasteiger partial charge in [0.25, 0.3) is 0 Å². The fourth-order valence-electron chi connectivity index (χ4n) is 2.83. The normalized spacial score (nSPS) is 22.7. The second-order valence-electron chi connectivity index (χ2n) is 7.19. The SMILES string of the molecule is CC(C)(C)C1CCCC(C(C)(C)N=C=O)C1.CC=C=O. The molecule has 0 aromatic carbocycles. The van der Waals surface area contributed by atoms with Gasteiger partial charge in [-0.25, -0.2) is 9.59 Å². The maximum absolute atomic E-state index is 10.4. The lowest BCUT2D eigenvalue weighted by Crippen LogP contribution is -2.36. The molecule has 0 radical (unpaired) electrons. The summed E-state index contributed by atoms with van der Waals surface area (Å²) >= 11 is 0. The van der Waals surface area contributed by atoms with Crippen LogP contribution >= 0.6 is 0 Å². The minimum absolute atomic E-state index is 0.230. The van der Waals surface area contributed by atoms with Gasteiger partial charge in [-0.2, -0.15) is 4.99 Å². The molecule has 1 aliphatic carbocycles. The minimum atomic E-state index is -0.230. The first kappa shape index (κ1) is 18.8. The largest absolute Gasteiger partial charge is 0.235 e. The van der Waals surface area contributed by atoms with Crippen molar-refractivity contribution in [2.75, 3.05) is 0 Å². The fraction of sp³-hybridized carbons (Fsp3) is 0.824. The zero-order valence-corrected chi connectivity index (χ0v) is 13.8. The van der Waals surface area contributed by atoms with Crippen molar-refractivity contribution in [2.45, 2.75) is 72.8 Å².